The SMILES string of the molecule is Cc1cccc(C)c1NC(=O)C(NC(=S)Nc1ccc(C2=CCN(C)CC2)cc1C(F)(F)F)c1ccccc1. The van der Waals surface area contributed by atoms with Gasteiger partial charge in [-0.15, -0.1) is 0 Å². The van der Waals surface area contributed by atoms with Gasteiger partial charge in [-0.1, -0.05) is 60.7 Å². The molecule has 0 bridgehead atoms. The fourth-order valence-corrected chi connectivity index (χ4v) is 4.79. The molecule has 0 saturated heterocycles. The first kappa shape index (κ1) is 28.3. The first-order valence-electron chi connectivity index (χ1n) is 12.6. The second-order valence-corrected chi connectivity index (χ2v) is 10.1. The number of benzene rings is 3. The molecule has 1 atom stereocenters. The Hall–Kier alpha value is -3.69. The molecule has 204 valence electrons. The summed E-state index contributed by atoms with van der Waals surface area (Å²) in [6.07, 6.45) is -1.97. The zero-order valence-corrected chi connectivity index (χ0v) is 22.8. The van der Waals surface area contributed by atoms with E-state index >= 15 is 0 Å². The number of para-hydroxylation sites is 1. The first-order valence-corrected chi connectivity index (χ1v) is 13.0. The number of thiocarbonyl (C=S) groups is 1. The second-order valence-electron chi connectivity index (χ2n) is 9.70. The standard InChI is InChI=1S/C30H31F3N4OS/c1-19-8-7-9-20(2)26(19)35-28(38)27(22-10-5-4-6-11-22)36-29(39)34-25-13-12-23(18-24(25)30(31,32)33)21-14-16-37(3)17-15-21/h4-14,18,27H,15-17H2,1-3H3,(H,35,38)(H2,34,36,39). The van der Waals surface area contributed by atoms with Crippen molar-refractivity contribution >= 4 is 40.2 Å². The van der Waals surface area contributed by atoms with E-state index in [1.807, 2.05) is 51.2 Å². The Morgan fingerprint density at radius 1 is 0.974 bits per heavy atom. The molecule has 1 aliphatic heterocycles. The van der Waals surface area contributed by atoms with Crippen LogP contribution in [0.25, 0.3) is 5.57 Å². The van der Waals surface area contributed by atoms with E-state index in [0.717, 1.165) is 29.3 Å². The van der Waals surface area contributed by atoms with Crippen LogP contribution in [0.2, 0.25) is 0 Å². The zero-order chi connectivity index (χ0) is 28.2. The topological polar surface area (TPSA) is 56.4 Å². The summed E-state index contributed by atoms with van der Waals surface area (Å²) in [5.74, 6) is -0.386. The lowest BCUT2D eigenvalue weighted by molar-refractivity contribution is -0.137. The third kappa shape index (κ3) is 7.04. The molecule has 3 N–H and O–H groups in total. The van der Waals surface area contributed by atoms with Crippen molar-refractivity contribution in [2.24, 2.45) is 0 Å². The summed E-state index contributed by atoms with van der Waals surface area (Å²) in [5.41, 5.74) is 3.51. The van der Waals surface area contributed by atoms with Gasteiger partial charge in [0.05, 0.1) is 11.3 Å². The Balaban J connectivity index is 1.58. The summed E-state index contributed by atoms with van der Waals surface area (Å²) < 4.78 is 42.3. The monoisotopic (exact) mass is 552 g/mol. The number of alkyl halides is 3. The van der Waals surface area contributed by atoms with Crippen LogP contribution in [0.3, 0.4) is 0 Å². The largest absolute Gasteiger partial charge is 0.418 e. The van der Waals surface area contributed by atoms with Crippen molar-refractivity contribution < 1.29 is 18.0 Å². The lowest BCUT2D eigenvalue weighted by atomic mass is 9.97. The highest BCUT2D eigenvalue weighted by atomic mass is 32.1. The lowest BCUT2D eigenvalue weighted by Crippen LogP contribution is -2.39. The fraction of sp³-hybridized carbons (Fsp3) is 0.267. The van der Waals surface area contributed by atoms with Crippen LogP contribution in [-0.4, -0.2) is 36.1 Å². The van der Waals surface area contributed by atoms with Crippen LogP contribution >= 0.6 is 12.2 Å². The number of anilines is 2. The molecule has 3 aromatic rings. The maximum absolute atomic E-state index is 14.1. The molecule has 9 heteroatoms. The number of hydrogen-bond donors (Lipinski definition) is 3. The summed E-state index contributed by atoms with van der Waals surface area (Å²) in [6, 6.07) is 17.9. The molecule has 0 aromatic heterocycles. The summed E-state index contributed by atoms with van der Waals surface area (Å²) in [6.45, 7) is 5.26. The Labute approximate surface area is 232 Å². The zero-order valence-electron chi connectivity index (χ0n) is 22.0. The van der Waals surface area contributed by atoms with Crippen LogP contribution in [0.15, 0.2) is 72.8 Å². The quantitative estimate of drug-likeness (QED) is 0.297. The van der Waals surface area contributed by atoms with Gasteiger partial charge in [0.15, 0.2) is 5.11 Å². The molecule has 5 nitrogen and oxygen atoms in total. The average molecular weight is 553 g/mol. The molecule has 4 rings (SSSR count). The molecule has 1 amide bonds. The van der Waals surface area contributed by atoms with Crippen LogP contribution in [0.5, 0.6) is 0 Å². The van der Waals surface area contributed by atoms with E-state index < -0.39 is 17.8 Å². The minimum atomic E-state index is -4.60. The number of hydrogen-bond acceptors (Lipinski definition) is 3. The van der Waals surface area contributed by atoms with Crippen LogP contribution in [0.1, 0.15) is 40.3 Å². The van der Waals surface area contributed by atoms with E-state index in [2.05, 4.69) is 20.9 Å². The number of carbonyl (C=O) groups excluding carboxylic acids is 1. The molecule has 1 aliphatic rings. The highest BCUT2D eigenvalue weighted by Crippen LogP contribution is 2.37. The van der Waals surface area contributed by atoms with Crippen molar-refractivity contribution in [2.45, 2.75) is 32.5 Å². The molecular formula is C30H31F3N4OS. The number of amides is 1. The van der Waals surface area contributed by atoms with Crippen LogP contribution in [0, 0.1) is 13.8 Å². The fourth-order valence-electron chi connectivity index (χ4n) is 4.56. The van der Waals surface area contributed by atoms with Gasteiger partial charge in [0, 0.05) is 18.8 Å². The van der Waals surface area contributed by atoms with Crippen molar-refractivity contribution in [3.63, 3.8) is 0 Å². The molecular weight excluding hydrogens is 521 g/mol. The lowest BCUT2D eigenvalue weighted by Gasteiger charge is -2.24. The first-order chi connectivity index (χ1) is 18.5. The molecule has 0 aliphatic carbocycles. The van der Waals surface area contributed by atoms with Crippen molar-refractivity contribution in [1.82, 2.24) is 10.2 Å². The van der Waals surface area contributed by atoms with Gasteiger partial charge in [-0.25, -0.2) is 0 Å². The Kier molecular flexibility index (Phi) is 8.72. The number of nitrogens with one attached hydrogen (secondary N) is 3. The van der Waals surface area contributed by atoms with Gasteiger partial charge in [-0.2, -0.15) is 13.2 Å². The maximum Gasteiger partial charge on any atom is 0.418 e. The minimum Gasteiger partial charge on any atom is -0.347 e. The van der Waals surface area contributed by atoms with Gasteiger partial charge in [0.2, 0.25) is 0 Å². The van der Waals surface area contributed by atoms with Gasteiger partial charge < -0.3 is 20.9 Å². The summed E-state index contributed by atoms with van der Waals surface area (Å²) >= 11 is 5.41. The second kappa shape index (κ2) is 12.0. The van der Waals surface area contributed by atoms with Gasteiger partial charge in [-0.3, -0.25) is 4.79 Å². The number of nitrogens with zero attached hydrogens (tertiary/aromatic N) is 1. The Bertz CT molecular complexity index is 1370. The molecule has 0 radical (unpaired) electrons. The van der Waals surface area contributed by atoms with Crippen LogP contribution in [-0.2, 0) is 11.0 Å². The number of halogens is 3. The summed E-state index contributed by atoms with van der Waals surface area (Å²) in [4.78, 5) is 15.5. The van der Waals surface area contributed by atoms with Crippen molar-refractivity contribution in [2.75, 3.05) is 30.8 Å². The molecule has 0 saturated carbocycles. The van der Waals surface area contributed by atoms with E-state index in [1.54, 1.807) is 30.3 Å². The molecule has 0 spiro atoms. The van der Waals surface area contributed by atoms with Crippen LogP contribution in [0.4, 0.5) is 24.5 Å². The molecule has 0 fully saturated rings. The van der Waals surface area contributed by atoms with E-state index in [1.165, 1.54) is 6.07 Å². The molecule has 1 unspecified atom stereocenters. The van der Waals surface area contributed by atoms with Crippen molar-refractivity contribution in [1.29, 1.82) is 0 Å². The van der Waals surface area contributed by atoms with Gasteiger partial charge >= 0.3 is 6.18 Å². The summed E-state index contributed by atoms with van der Waals surface area (Å²) in [7, 11) is 1.97. The van der Waals surface area contributed by atoms with E-state index in [9.17, 15) is 18.0 Å². The normalized spacial score (nSPS) is 14.8. The predicted octanol–water partition coefficient (Wildman–Crippen LogP) is 6.71. The number of aryl methyl sites for hydroxylation is 2. The third-order valence-electron chi connectivity index (χ3n) is 6.76. The van der Waals surface area contributed by atoms with Crippen LogP contribution < -0.4 is 16.0 Å². The smallest absolute Gasteiger partial charge is 0.347 e. The highest BCUT2D eigenvalue weighted by molar-refractivity contribution is 7.80. The highest BCUT2D eigenvalue weighted by Gasteiger charge is 2.34. The third-order valence-corrected chi connectivity index (χ3v) is 6.98. The molecule has 1 heterocycles. The van der Waals surface area contributed by atoms with Gasteiger partial charge in [0.25, 0.3) is 5.91 Å². The molecule has 3 aromatic carbocycles. The number of rotatable bonds is 6. The Morgan fingerprint density at radius 3 is 2.28 bits per heavy atom. The summed E-state index contributed by atoms with van der Waals surface area (Å²) in [5, 5.41) is 8.47. The van der Waals surface area contributed by atoms with E-state index in [4.69, 9.17) is 12.2 Å². The van der Waals surface area contributed by atoms with Crippen molar-refractivity contribution in [3.05, 3.63) is 101 Å². The van der Waals surface area contributed by atoms with Gasteiger partial charge in [-0.05, 0) is 79.5 Å². The number of likely N-dealkylation sites (N-methyl/N-ethyl adjacent to an activating group) is 1. The number of carbonyl (C=O) groups is 1. The van der Waals surface area contributed by atoms with E-state index in [-0.39, 0.29) is 16.7 Å². The van der Waals surface area contributed by atoms with E-state index in [0.29, 0.717) is 29.8 Å². The maximum atomic E-state index is 14.1. The predicted molar refractivity (Wildman–Crippen MR) is 155 cm³/mol. The van der Waals surface area contributed by atoms with Crippen molar-refractivity contribution in [3.8, 4) is 0 Å². The average Bonchev–Trinajstić information content (AvgIpc) is 2.90. The minimum absolute atomic E-state index is 0.0998. The van der Waals surface area contributed by atoms with Gasteiger partial charge in [0.1, 0.15) is 6.04 Å². The Morgan fingerprint density at radius 2 is 1.67 bits per heavy atom. The molecule has 39 heavy (non-hydrogen) atoms.